The van der Waals surface area contributed by atoms with Gasteiger partial charge in [-0.25, -0.2) is 0 Å². The molecule has 6 aromatic rings. The second-order valence-corrected chi connectivity index (χ2v) is 11.2. The lowest BCUT2D eigenvalue weighted by molar-refractivity contribution is 0.465. The fraction of sp³-hybridized carbons (Fsp3) is 0.143. The van der Waals surface area contributed by atoms with Crippen LogP contribution in [0, 0.1) is 0 Å². The maximum absolute atomic E-state index is 2.31. The van der Waals surface area contributed by atoms with E-state index in [0.29, 0.717) is 0 Å². The topological polar surface area (TPSA) is 0 Å². The quantitative estimate of drug-likeness (QED) is 0.113. The van der Waals surface area contributed by atoms with Crippen molar-refractivity contribution in [3.63, 3.8) is 0 Å². The van der Waals surface area contributed by atoms with E-state index in [1.54, 1.807) is 0 Å². The summed E-state index contributed by atoms with van der Waals surface area (Å²) in [5.41, 5.74) is 7.65. The highest BCUT2D eigenvalue weighted by Crippen LogP contribution is 2.46. The largest absolute Gasteiger partial charge is 0.0622 e. The molecular weight excluding hydrogens is 504 g/mol. The summed E-state index contributed by atoms with van der Waals surface area (Å²) in [6.07, 6.45) is 4.23. The molecule has 0 heteroatoms. The summed E-state index contributed by atoms with van der Waals surface area (Å²) in [6, 6.07) is 66.6. The molecule has 0 nitrogen and oxygen atoms in total. The molecule has 0 aliphatic carbocycles. The van der Waals surface area contributed by atoms with Gasteiger partial charge in [0.25, 0.3) is 0 Å². The summed E-state index contributed by atoms with van der Waals surface area (Å²) in [5, 5.41) is 0. The Morgan fingerprint density at radius 1 is 0.238 bits per heavy atom. The second-order valence-electron chi connectivity index (χ2n) is 11.2. The van der Waals surface area contributed by atoms with Crippen LogP contribution in [-0.4, -0.2) is 0 Å². The Balaban J connectivity index is 1.41. The number of rotatable bonds is 11. The van der Waals surface area contributed by atoms with Crippen LogP contribution >= 0.6 is 0 Å². The van der Waals surface area contributed by atoms with E-state index in [1.165, 1.54) is 33.4 Å². The minimum absolute atomic E-state index is 0.224. The van der Waals surface area contributed by atoms with Gasteiger partial charge in [0.05, 0.1) is 0 Å². The van der Waals surface area contributed by atoms with Gasteiger partial charge < -0.3 is 0 Å². The normalized spacial score (nSPS) is 11.7. The lowest BCUT2D eigenvalue weighted by Gasteiger charge is -2.38. The standard InChI is InChI=1S/C42H38/c1-7-21-35(22-8-1)41(36-23-9-2-10-24-36,37-25-11-3-12-26-37)33-19-20-34-42(38-27-13-4-14-28-38,39-29-15-5-16-30-39)40-31-17-6-18-32-40/h1-18,21-32H,19-20,33-34H2. The monoisotopic (exact) mass is 542 g/mol. The van der Waals surface area contributed by atoms with Crippen LogP contribution in [0.4, 0.5) is 0 Å². The van der Waals surface area contributed by atoms with Crippen molar-refractivity contribution in [3.05, 3.63) is 215 Å². The van der Waals surface area contributed by atoms with Gasteiger partial charge in [-0.3, -0.25) is 0 Å². The molecule has 0 saturated carbocycles. The SMILES string of the molecule is c1ccc(C(CCCCC(c2ccccc2)(c2ccccc2)c2ccccc2)(c2ccccc2)c2ccccc2)cc1. The first-order valence-corrected chi connectivity index (χ1v) is 15.2. The van der Waals surface area contributed by atoms with E-state index < -0.39 is 0 Å². The van der Waals surface area contributed by atoms with Crippen LogP contribution in [-0.2, 0) is 10.8 Å². The molecule has 0 fully saturated rings. The number of hydrogen-bond acceptors (Lipinski definition) is 0. The molecule has 0 spiro atoms. The second kappa shape index (κ2) is 12.9. The highest BCUT2D eigenvalue weighted by atomic mass is 14.4. The molecule has 6 aromatic carbocycles. The molecule has 0 amide bonds. The Labute approximate surface area is 251 Å². The third-order valence-electron chi connectivity index (χ3n) is 8.95. The van der Waals surface area contributed by atoms with Crippen LogP contribution in [0.5, 0.6) is 0 Å². The molecule has 0 aliphatic rings. The van der Waals surface area contributed by atoms with Crippen molar-refractivity contribution in [1.82, 2.24) is 0 Å². The Morgan fingerprint density at radius 2 is 0.405 bits per heavy atom. The zero-order valence-corrected chi connectivity index (χ0v) is 24.1. The third-order valence-corrected chi connectivity index (χ3v) is 8.95. The fourth-order valence-corrected chi connectivity index (χ4v) is 6.98. The van der Waals surface area contributed by atoms with Gasteiger partial charge in [0.2, 0.25) is 0 Å². The van der Waals surface area contributed by atoms with Crippen molar-refractivity contribution in [2.75, 3.05) is 0 Å². The third kappa shape index (κ3) is 5.33. The molecule has 0 N–H and O–H groups in total. The molecule has 6 rings (SSSR count). The van der Waals surface area contributed by atoms with E-state index >= 15 is 0 Å². The van der Waals surface area contributed by atoms with E-state index in [0.717, 1.165) is 25.7 Å². The summed E-state index contributed by atoms with van der Waals surface area (Å²) in [5.74, 6) is 0. The minimum Gasteiger partial charge on any atom is -0.0622 e. The van der Waals surface area contributed by atoms with E-state index in [-0.39, 0.29) is 10.8 Å². The molecule has 0 saturated heterocycles. The van der Waals surface area contributed by atoms with E-state index in [9.17, 15) is 0 Å². The summed E-state index contributed by atoms with van der Waals surface area (Å²) in [4.78, 5) is 0. The van der Waals surface area contributed by atoms with Gasteiger partial charge in [0.1, 0.15) is 0 Å². The predicted octanol–water partition coefficient (Wildman–Crippen LogP) is 10.6. The maximum Gasteiger partial charge on any atom is 0.0451 e. The number of benzene rings is 6. The molecule has 0 aliphatic heterocycles. The first-order valence-electron chi connectivity index (χ1n) is 15.2. The van der Waals surface area contributed by atoms with Crippen LogP contribution in [0.1, 0.15) is 59.1 Å². The maximum atomic E-state index is 2.31. The van der Waals surface area contributed by atoms with Crippen molar-refractivity contribution in [2.24, 2.45) is 0 Å². The summed E-state index contributed by atoms with van der Waals surface area (Å²) < 4.78 is 0. The first-order chi connectivity index (χ1) is 20.8. The summed E-state index contributed by atoms with van der Waals surface area (Å²) in [6.45, 7) is 0. The van der Waals surface area contributed by atoms with Gasteiger partial charge in [0, 0.05) is 10.8 Å². The molecule has 0 aromatic heterocycles. The Hall–Kier alpha value is -4.68. The smallest absolute Gasteiger partial charge is 0.0451 e. The van der Waals surface area contributed by atoms with Crippen LogP contribution in [0.3, 0.4) is 0 Å². The molecular formula is C42H38. The van der Waals surface area contributed by atoms with E-state index in [4.69, 9.17) is 0 Å². The van der Waals surface area contributed by atoms with Gasteiger partial charge in [-0.2, -0.15) is 0 Å². The average molecular weight is 543 g/mol. The Kier molecular flexibility index (Phi) is 8.43. The zero-order chi connectivity index (χ0) is 28.5. The number of unbranched alkanes of at least 4 members (excludes halogenated alkanes) is 1. The van der Waals surface area contributed by atoms with Crippen molar-refractivity contribution < 1.29 is 0 Å². The van der Waals surface area contributed by atoms with Crippen molar-refractivity contribution in [2.45, 2.75) is 36.5 Å². The molecule has 0 unspecified atom stereocenters. The Bertz CT molecular complexity index is 1300. The highest BCUT2D eigenvalue weighted by Gasteiger charge is 2.38. The average Bonchev–Trinajstić information content (AvgIpc) is 3.09. The number of hydrogen-bond donors (Lipinski definition) is 0. The first kappa shape index (κ1) is 27.5. The van der Waals surface area contributed by atoms with Crippen molar-refractivity contribution in [3.8, 4) is 0 Å². The highest BCUT2D eigenvalue weighted by molar-refractivity contribution is 5.52. The summed E-state index contributed by atoms with van der Waals surface area (Å²) in [7, 11) is 0. The van der Waals surface area contributed by atoms with E-state index in [1.807, 2.05) is 0 Å². The van der Waals surface area contributed by atoms with Crippen molar-refractivity contribution in [1.29, 1.82) is 0 Å². The van der Waals surface area contributed by atoms with Crippen molar-refractivity contribution >= 4 is 0 Å². The van der Waals surface area contributed by atoms with Gasteiger partial charge in [-0.1, -0.05) is 195 Å². The van der Waals surface area contributed by atoms with Crippen LogP contribution in [0.2, 0.25) is 0 Å². The fourth-order valence-electron chi connectivity index (χ4n) is 6.98. The van der Waals surface area contributed by atoms with Gasteiger partial charge >= 0.3 is 0 Å². The van der Waals surface area contributed by atoms with Gasteiger partial charge in [0.15, 0.2) is 0 Å². The zero-order valence-electron chi connectivity index (χ0n) is 24.1. The molecule has 0 atom stereocenters. The predicted molar refractivity (Wildman–Crippen MR) is 177 cm³/mol. The van der Waals surface area contributed by atoms with Gasteiger partial charge in [-0.15, -0.1) is 0 Å². The molecule has 206 valence electrons. The van der Waals surface area contributed by atoms with E-state index in [2.05, 4.69) is 182 Å². The molecule has 42 heavy (non-hydrogen) atoms. The lowest BCUT2D eigenvalue weighted by atomic mass is 9.64. The van der Waals surface area contributed by atoms with Crippen LogP contribution in [0.25, 0.3) is 0 Å². The lowest BCUT2D eigenvalue weighted by Crippen LogP contribution is -2.31. The van der Waals surface area contributed by atoms with Crippen LogP contribution in [0.15, 0.2) is 182 Å². The minimum atomic E-state index is -0.224. The molecule has 0 heterocycles. The summed E-state index contributed by atoms with van der Waals surface area (Å²) >= 11 is 0. The Morgan fingerprint density at radius 3 is 0.571 bits per heavy atom. The molecule has 0 radical (unpaired) electrons. The molecule has 0 bridgehead atoms. The van der Waals surface area contributed by atoms with Gasteiger partial charge in [-0.05, 0) is 46.2 Å². The van der Waals surface area contributed by atoms with Crippen LogP contribution < -0.4 is 0 Å².